The molecule has 98 valence electrons. The Morgan fingerprint density at radius 1 is 1.11 bits per heavy atom. The lowest BCUT2D eigenvalue weighted by Crippen LogP contribution is -2.03. The standard InChI is InChI=1S/C14H11Cl2NO2/c1-2-19-13-5-10(7-17-8-13)14(18)9-3-11(15)6-12(16)4-9/h3-8H,2H2,1H3. The van der Waals surface area contributed by atoms with Crippen molar-refractivity contribution in [1.82, 2.24) is 4.98 Å². The number of carbonyl (C=O) groups is 1. The van der Waals surface area contributed by atoms with Crippen LogP contribution in [0, 0.1) is 0 Å². The van der Waals surface area contributed by atoms with Gasteiger partial charge in [0.05, 0.1) is 12.8 Å². The number of pyridine rings is 1. The predicted octanol–water partition coefficient (Wildman–Crippen LogP) is 4.02. The maximum Gasteiger partial charge on any atom is 0.194 e. The minimum atomic E-state index is -0.196. The van der Waals surface area contributed by atoms with Crippen LogP contribution in [0.2, 0.25) is 10.0 Å². The molecule has 0 aliphatic rings. The number of hydrogen-bond acceptors (Lipinski definition) is 3. The number of rotatable bonds is 4. The van der Waals surface area contributed by atoms with E-state index in [4.69, 9.17) is 27.9 Å². The Kier molecular flexibility index (Phi) is 4.40. The molecule has 1 heterocycles. The number of ether oxygens (including phenoxy) is 1. The van der Waals surface area contributed by atoms with Gasteiger partial charge in [0, 0.05) is 27.4 Å². The van der Waals surface area contributed by atoms with E-state index in [1.807, 2.05) is 6.92 Å². The Morgan fingerprint density at radius 2 is 1.79 bits per heavy atom. The molecule has 0 spiro atoms. The molecule has 0 aliphatic heterocycles. The van der Waals surface area contributed by atoms with Crippen molar-refractivity contribution >= 4 is 29.0 Å². The second-order valence-electron chi connectivity index (χ2n) is 3.83. The summed E-state index contributed by atoms with van der Waals surface area (Å²) < 4.78 is 5.31. The van der Waals surface area contributed by atoms with Gasteiger partial charge < -0.3 is 4.74 Å². The first kappa shape index (κ1) is 13.8. The van der Waals surface area contributed by atoms with E-state index in [0.29, 0.717) is 33.5 Å². The van der Waals surface area contributed by atoms with Gasteiger partial charge in [-0.1, -0.05) is 23.2 Å². The van der Waals surface area contributed by atoms with Gasteiger partial charge in [0.15, 0.2) is 5.78 Å². The Hall–Kier alpha value is -1.58. The second kappa shape index (κ2) is 6.04. The highest BCUT2D eigenvalue weighted by Gasteiger charge is 2.12. The monoisotopic (exact) mass is 295 g/mol. The van der Waals surface area contributed by atoms with Gasteiger partial charge in [0.25, 0.3) is 0 Å². The van der Waals surface area contributed by atoms with Crippen LogP contribution in [-0.4, -0.2) is 17.4 Å². The summed E-state index contributed by atoms with van der Waals surface area (Å²) in [6.07, 6.45) is 3.05. The zero-order valence-electron chi connectivity index (χ0n) is 10.2. The molecule has 2 rings (SSSR count). The summed E-state index contributed by atoms with van der Waals surface area (Å²) in [5.41, 5.74) is 0.859. The Balaban J connectivity index is 2.35. The third-order valence-electron chi connectivity index (χ3n) is 2.41. The zero-order chi connectivity index (χ0) is 13.8. The van der Waals surface area contributed by atoms with Crippen LogP contribution in [0.5, 0.6) is 5.75 Å². The van der Waals surface area contributed by atoms with Gasteiger partial charge in [0.2, 0.25) is 0 Å². The Bertz CT molecular complexity index is 594. The summed E-state index contributed by atoms with van der Waals surface area (Å²) in [5, 5.41) is 0.842. The van der Waals surface area contributed by atoms with Crippen molar-refractivity contribution in [3.05, 3.63) is 57.8 Å². The van der Waals surface area contributed by atoms with E-state index in [0.717, 1.165) is 0 Å². The first-order valence-electron chi connectivity index (χ1n) is 5.69. The van der Waals surface area contributed by atoms with Gasteiger partial charge in [-0.05, 0) is 31.2 Å². The second-order valence-corrected chi connectivity index (χ2v) is 4.70. The number of hydrogen-bond donors (Lipinski definition) is 0. The minimum absolute atomic E-state index is 0.196. The molecule has 0 atom stereocenters. The van der Waals surface area contributed by atoms with E-state index in [9.17, 15) is 4.79 Å². The molecule has 0 aliphatic carbocycles. The lowest BCUT2D eigenvalue weighted by molar-refractivity contribution is 0.103. The van der Waals surface area contributed by atoms with Gasteiger partial charge in [0.1, 0.15) is 5.75 Å². The van der Waals surface area contributed by atoms with Crippen molar-refractivity contribution in [1.29, 1.82) is 0 Å². The molecule has 0 fully saturated rings. The number of benzene rings is 1. The van der Waals surface area contributed by atoms with Gasteiger partial charge >= 0.3 is 0 Å². The van der Waals surface area contributed by atoms with Crippen LogP contribution < -0.4 is 4.74 Å². The molecule has 1 aromatic heterocycles. The lowest BCUT2D eigenvalue weighted by Gasteiger charge is -2.05. The Morgan fingerprint density at radius 3 is 2.42 bits per heavy atom. The number of aromatic nitrogens is 1. The highest BCUT2D eigenvalue weighted by Crippen LogP contribution is 2.22. The van der Waals surface area contributed by atoms with Gasteiger partial charge in [-0.15, -0.1) is 0 Å². The van der Waals surface area contributed by atoms with Crippen LogP contribution in [0.1, 0.15) is 22.8 Å². The number of ketones is 1. The molecule has 0 radical (unpaired) electrons. The topological polar surface area (TPSA) is 39.2 Å². The number of nitrogens with zero attached hydrogens (tertiary/aromatic N) is 1. The number of halogens is 2. The molecule has 5 heteroatoms. The van der Waals surface area contributed by atoms with E-state index >= 15 is 0 Å². The molecule has 0 amide bonds. The maximum absolute atomic E-state index is 12.3. The summed E-state index contributed by atoms with van der Waals surface area (Å²) >= 11 is 11.8. The molecule has 0 saturated carbocycles. The molecule has 0 N–H and O–H groups in total. The molecule has 1 aromatic carbocycles. The normalized spacial score (nSPS) is 10.3. The molecule has 0 unspecified atom stereocenters. The fourth-order valence-corrected chi connectivity index (χ4v) is 2.17. The largest absolute Gasteiger partial charge is 0.492 e. The van der Waals surface area contributed by atoms with Crippen molar-refractivity contribution in [3.63, 3.8) is 0 Å². The first-order valence-corrected chi connectivity index (χ1v) is 6.44. The van der Waals surface area contributed by atoms with Crippen molar-refractivity contribution in [2.24, 2.45) is 0 Å². The lowest BCUT2D eigenvalue weighted by atomic mass is 10.1. The first-order chi connectivity index (χ1) is 9.10. The van der Waals surface area contributed by atoms with E-state index in [1.54, 1.807) is 30.5 Å². The molecule has 19 heavy (non-hydrogen) atoms. The third kappa shape index (κ3) is 3.46. The summed E-state index contributed by atoms with van der Waals surface area (Å²) in [6, 6.07) is 6.37. The zero-order valence-corrected chi connectivity index (χ0v) is 11.7. The summed E-state index contributed by atoms with van der Waals surface area (Å²) in [6.45, 7) is 2.38. The fraction of sp³-hybridized carbons (Fsp3) is 0.143. The minimum Gasteiger partial charge on any atom is -0.492 e. The Labute approximate surface area is 121 Å². The average Bonchev–Trinajstić information content (AvgIpc) is 2.37. The average molecular weight is 296 g/mol. The highest BCUT2D eigenvalue weighted by molar-refractivity contribution is 6.35. The van der Waals surface area contributed by atoms with Gasteiger partial charge in [-0.25, -0.2) is 0 Å². The molecule has 3 nitrogen and oxygen atoms in total. The molecular formula is C14H11Cl2NO2. The third-order valence-corrected chi connectivity index (χ3v) is 2.85. The predicted molar refractivity (Wildman–Crippen MR) is 75.3 cm³/mol. The van der Waals surface area contributed by atoms with Crippen LogP contribution in [0.3, 0.4) is 0 Å². The highest BCUT2D eigenvalue weighted by atomic mass is 35.5. The molecule has 0 bridgehead atoms. The molecule has 0 saturated heterocycles. The van der Waals surface area contributed by atoms with Crippen molar-refractivity contribution < 1.29 is 9.53 Å². The van der Waals surface area contributed by atoms with E-state index in [2.05, 4.69) is 4.98 Å². The van der Waals surface area contributed by atoms with E-state index in [1.165, 1.54) is 6.20 Å². The smallest absolute Gasteiger partial charge is 0.194 e. The fourth-order valence-electron chi connectivity index (χ4n) is 1.64. The number of carbonyl (C=O) groups excluding carboxylic acids is 1. The molecule has 2 aromatic rings. The van der Waals surface area contributed by atoms with E-state index < -0.39 is 0 Å². The summed E-state index contributed by atoms with van der Waals surface area (Å²) in [4.78, 5) is 16.3. The summed E-state index contributed by atoms with van der Waals surface area (Å²) in [5.74, 6) is 0.361. The van der Waals surface area contributed by atoms with E-state index in [-0.39, 0.29) is 5.78 Å². The van der Waals surface area contributed by atoms with Crippen molar-refractivity contribution in [2.75, 3.05) is 6.61 Å². The van der Waals surface area contributed by atoms with Crippen LogP contribution in [0.15, 0.2) is 36.7 Å². The quantitative estimate of drug-likeness (QED) is 0.800. The van der Waals surface area contributed by atoms with Crippen molar-refractivity contribution in [2.45, 2.75) is 6.92 Å². The molecular weight excluding hydrogens is 285 g/mol. The van der Waals surface area contributed by atoms with Crippen LogP contribution in [0.25, 0.3) is 0 Å². The van der Waals surface area contributed by atoms with Crippen LogP contribution >= 0.6 is 23.2 Å². The van der Waals surface area contributed by atoms with Crippen LogP contribution in [0.4, 0.5) is 0 Å². The summed E-state index contributed by atoms with van der Waals surface area (Å²) in [7, 11) is 0. The SMILES string of the molecule is CCOc1cncc(C(=O)c2cc(Cl)cc(Cl)c2)c1. The van der Waals surface area contributed by atoms with Crippen LogP contribution in [-0.2, 0) is 0 Å². The van der Waals surface area contributed by atoms with Gasteiger partial charge in [-0.3, -0.25) is 9.78 Å². The van der Waals surface area contributed by atoms with Crippen molar-refractivity contribution in [3.8, 4) is 5.75 Å². The van der Waals surface area contributed by atoms with Gasteiger partial charge in [-0.2, -0.15) is 0 Å². The maximum atomic E-state index is 12.3.